The van der Waals surface area contributed by atoms with E-state index in [4.69, 9.17) is 0 Å². The molecule has 0 fully saturated rings. The molecule has 2 heterocycles. The molecule has 0 aliphatic rings. The maximum Gasteiger partial charge on any atom is 0.276 e. The third kappa shape index (κ3) is 3.10. The molecule has 1 unspecified atom stereocenters. The van der Waals surface area contributed by atoms with E-state index in [-0.39, 0.29) is 17.0 Å². The molecule has 0 radical (unpaired) electrons. The zero-order valence-electron chi connectivity index (χ0n) is 12.8. The number of fused-ring (bicyclic) bond motifs is 1. The Balaban J connectivity index is 2.28. The second-order valence-electron chi connectivity index (χ2n) is 6.29. The maximum absolute atomic E-state index is 12.4. The minimum atomic E-state index is 0.0116. The Hall–Kier alpha value is -1.62. The molecule has 2 aromatic heterocycles. The Morgan fingerprint density at radius 1 is 1.35 bits per heavy atom. The summed E-state index contributed by atoms with van der Waals surface area (Å²) in [6.07, 6.45) is 6.38. The first-order valence-electron chi connectivity index (χ1n) is 7.19. The monoisotopic (exact) mass is 276 g/mol. The van der Waals surface area contributed by atoms with Gasteiger partial charge in [0.1, 0.15) is 5.52 Å². The molecule has 0 bridgehead atoms. The Morgan fingerprint density at radius 3 is 2.75 bits per heavy atom. The summed E-state index contributed by atoms with van der Waals surface area (Å²) in [4.78, 5) is 12.4. The standard InChI is InChI=1S/C15H24N4O/c1-5-7-16-13(15(2,3)4)11-18-9-10-19-12(14(18)20)6-8-17-19/h6,8-10,13,16H,5,7,11H2,1-4H3. The summed E-state index contributed by atoms with van der Waals surface area (Å²) >= 11 is 0. The van der Waals surface area contributed by atoms with Gasteiger partial charge in [-0.1, -0.05) is 27.7 Å². The average molecular weight is 276 g/mol. The molecule has 0 saturated carbocycles. The normalized spacial score (nSPS) is 13.8. The fraction of sp³-hybridized carbons (Fsp3) is 0.600. The van der Waals surface area contributed by atoms with E-state index in [0.717, 1.165) is 13.0 Å². The lowest BCUT2D eigenvalue weighted by Gasteiger charge is -2.32. The van der Waals surface area contributed by atoms with E-state index in [2.05, 4.69) is 38.1 Å². The second kappa shape index (κ2) is 5.79. The molecule has 1 N–H and O–H groups in total. The Morgan fingerprint density at radius 2 is 2.10 bits per heavy atom. The third-order valence-corrected chi connectivity index (χ3v) is 3.60. The molecule has 0 saturated heterocycles. The van der Waals surface area contributed by atoms with Gasteiger partial charge in [0, 0.05) is 25.0 Å². The molecular formula is C15H24N4O. The lowest BCUT2D eigenvalue weighted by molar-refractivity contribution is 0.240. The van der Waals surface area contributed by atoms with Crippen molar-refractivity contribution < 1.29 is 0 Å². The van der Waals surface area contributed by atoms with Crippen LogP contribution >= 0.6 is 0 Å². The van der Waals surface area contributed by atoms with Gasteiger partial charge in [0.15, 0.2) is 0 Å². The van der Waals surface area contributed by atoms with Crippen molar-refractivity contribution in [2.24, 2.45) is 5.41 Å². The summed E-state index contributed by atoms with van der Waals surface area (Å²) < 4.78 is 3.39. The van der Waals surface area contributed by atoms with Crippen molar-refractivity contribution in [1.29, 1.82) is 0 Å². The van der Waals surface area contributed by atoms with Crippen LogP contribution in [0.2, 0.25) is 0 Å². The highest BCUT2D eigenvalue weighted by Gasteiger charge is 2.24. The van der Waals surface area contributed by atoms with E-state index in [0.29, 0.717) is 12.1 Å². The zero-order valence-corrected chi connectivity index (χ0v) is 12.8. The number of aromatic nitrogens is 3. The molecule has 0 aliphatic carbocycles. The van der Waals surface area contributed by atoms with Crippen molar-refractivity contribution in [2.75, 3.05) is 6.54 Å². The highest BCUT2D eigenvalue weighted by molar-refractivity contribution is 5.42. The van der Waals surface area contributed by atoms with E-state index >= 15 is 0 Å². The lowest BCUT2D eigenvalue weighted by atomic mass is 9.86. The van der Waals surface area contributed by atoms with Crippen molar-refractivity contribution in [1.82, 2.24) is 19.5 Å². The highest BCUT2D eigenvalue weighted by atomic mass is 16.1. The number of nitrogens with one attached hydrogen (secondary N) is 1. The Labute approximate surface area is 119 Å². The molecule has 0 amide bonds. The molecule has 0 spiro atoms. The van der Waals surface area contributed by atoms with Gasteiger partial charge in [0.2, 0.25) is 0 Å². The smallest absolute Gasteiger partial charge is 0.276 e. The van der Waals surface area contributed by atoms with Crippen molar-refractivity contribution in [3.8, 4) is 0 Å². The van der Waals surface area contributed by atoms with Gasteiger partial charge in [-0.25, -0.2) is 4.52 Å². The first-order chi connectivity index (χ1) is 9.43. The summed E-state index contributed by atoms with van der Waals surface area (Å²) in [5, 5.41) is 7.63. The van der Waals surface area contributed by atoms with Gasteiger partial charge in [0.05, 0.1) is 6.20 Å². The average Bonchev–Trinajstić information content (AvgIpc) is 2.84. The number of hydrogen-bond donors (Lipinski definition) is 1. The van der Waals surface area contributed by atoms with Crippen LogP contribution in [0.5, 0.6) is 0 Å². The van der Waals surface area contributed by atoms with Crippen LogP contribution in [0.15, 0.2) is 29.5 Å². The summed E-state index contributed by atoms with van der Waals surface area (Å²) in [6.45, 7) is 10.4. The molecule has 0 aromatic carbocycles. The SMILES string of the molecule is CCCNC(Cn1ccn2nccc2c1=O)C(C)(C)C. The summed E-state index contributed by atoms with van der Waals surface area (Å²) in [6, 6.07) is 2.01. The molecule has 2 rings (SSSR count). The van der Waals surface area contributed by atoms with Crippen LogP contribution in [0.4, 0.5) is 0 Å². The van der Waals surface area contributed by atoms with Gasteiger partial charge in [-0.05, 0) is 24.4 Å². The fourth-order valence-corrected chi connectivity index (χ4v) is 2.26. The zero-order chi connectivity index (χ0) is 14.8. The van der Waals surface area contributed by atoms with Crippen molar-refractivity contribution in [3.05, 3.63) is 35.0 Å². The summed E-state index contributed by atoms with van der Waals surface area (Å²) in [5.74, 6) is 0. The Kier molecular flexibility index (Phi) is 4.28. The van der Waals surface area contributed by atoms with Crippen molar-refractivity contribution in [3.63, 3.8) is 0 Å². The van der Waals surface area contributed by atoms with Gasteiger partial charge in [-0.15, -0.1) is 0 Å². The van der Waals surface area contributed by atoms with Gasteiger partial charge >= 0.3 is 0 Å². The molecule has 0 aliphatic heterocycles. The van der Waals surface area contributed by atoms with Gasteiger partial charge in [-0.3, -0.25) is 4.79 Å². The summed E-state index contributed by atoms with van der Waals surface area (Å²) in [7, 11) is 0. The van der Waals surface area contributed by atoms with Crippen molar-refractivity contribution in [2.45, 2.75) is 46.7 Å². The lowest BCUT2D eigenvalue weighted by Crippen LogP contribution is -2.45. The van der Waals surface area contributed by atoms with E-state index in [9.17, 15) is 4.79 Å². The molecule has 5 nitrogen and oxygen atoms in total. The predicted octanol–water partition coefficient (Wildman–Crippen LogP) is 1.91. The van der Waals surface area contributed by atoms with Crippen LogP contribution in [0.25, 0.3) is 5.52 Å². The molecule has 2 aromatic rings. The highest BCUT2D eigenvalue weighted by Crippen LogP contribution is 2.20. The first kappa shape index (κ1) is 14.8. The fourth-order valence-electron chi connectivity index (χ4n) is 2.26. The van der Waals surface area contributed by atoms with Crippen LogP contribution in [0.1, 0.15) is 34.1 Å². The van der Waals surface area contributed by atoms with Gasteiger partial charge < -0.3 is 9.88 Å². The first-order valence-corrected chi connectivity index (χ1v) is 7.19. The molecule has 110 valence electrons. The van der Waals surface area contributed by atoms with Gasteiger partial charge in [0.25, 0.3) is 5.56 Å². The van der Waals surface area contributed by atoms with Crippen LogP contribution in [-0.4, -0.2) is 26.8 Å². The third-order valence-electron chi connectivity index (χ3n) is 3.60. The maximum atomic E-state index is 12.4. The van der Waals surface area contributed by atoms with Gasteiger partial charge in [-0.2, -0.15) is 5.10 Å². The number of hydrogen-bond acceptors (Lipinski definition) is 3. The van der Waals surface area contributed by atoms with Crippen LogP contribution in [0.3, 0.4) is 0 Å². The molecule has 5 heteroatoms. The number of nitrogens with zero attached hydrogens (tertiary/aromatic N) is 3. The van der Waals surface area contributed by atoms with E-state index in [1.54, 1.807) is 21.3 Å². The van der Waals surface area contributed by atoms with E-state index < -0.39 is 0 Å². The van der Waals surface area contributed by atoms with Crippen LogP contribution in [-0.2, 0) is 6.54 Å². The quantitative estimate of drug-likeness (QED) is 0.907. The topological polar surface area (TPSA) is 51.3 Å². The van der Waals surface area contributed by atoms with Crippen LogP contribution < -0.4 is 10.9 Å². The van der Waals surface area contributed by atoms with Crippen LogP contribution in [0, 0.1) is 5.41 Å². The van der Waals surface area contributed by atoms with E-state index in [1.165, 1.54) is 0 Å². The molecule has 20 heavy (non-hydrogen) atoms. The van der Waals surface area contributed by atoms with Crippen molar-refractivity contribution >= 4 is 5.52 Å². The largest absolute Gasteiger partial charge is 0.312 e. The minimum Gasteiger partial charge on any atom is -0.312 e. The number of rotatable bonds is 5. The minimum absolute atomic E-state index is 0.0116. The Bertz CT molecular complexity index is 621. The second-order valence-corrected chi connectivity index (χ2v) is 6.29. The van der Waals surface area contributed by atoms with E-state index in [1.807, 2.05) is 12.4 Å². The predicted molar refractivity (Wildman–Crippen MR) is 81.0 cm³/mol. The molecular weight excluding hydrogens is 252 g/mol. The summed E-state index contributed by atoms with van der Waals surface area (Å²) in [5.41, 5.74) is 0.731. The molecule has 1 atom stereocenters.